The number of rotatable bonds is 3. The molecule has 1 N–H and O–H groups in total. The van der Waals surface area contributed by atoms with Crippen LogP contribution in [0.1, 0.15) is 28.8 Å². The van der Waals surface area contributed by atoms with Crippen molar-refractivity contribution in [2.45, 2.75) is 17.3 Å². The van der Waals surface area contributed by atoms with Crippen LogP contribution in [0.5, 0.6) is 5.75 Å². The average molecular weight is 521 g/mol. The average Bonchev–Trinajstić information content (AvgIpc) is 3.26. The van der Waals surface area contributed by atoms with Gasteiger partial charge in [-0.3, -0.25) is 0 Å². The van der Waals surface area contributed by atoms with Gasteiger partial charge in [0.2, 0.25) is 11.1 Å². The van der Waals surface area contributed by atoms with E-state index in [1.807, 2.05) is 47.3 Å². The lowest BCUT2D eigenvalue weighted by Gasteiger charge is -2.39. The predicted octanol–water partition coefficient (Wildman–Crippen LogP) is 6.46. The molecular formula is C25H18BrFN4OS. The number of anilines is 1. The van der Waals surface area contributed by atoms with Crippen LogP contribution in [0.15, 0.2) is 88.0 Å². The zero-order valence-corrected chi connectivity index (χ0v) is 19.9. The Morgan fingerprint density at radius 3 is 2.64 bits per heavy atom. The third kappa shape index (κ3) is 3.45. The van der Waals surface area contributed by atoms with E-state index in [9.17, 15) is 4.39 Å². The molecule has 164 valence electrons. The highest BCUT2D eigenvalue weighted by molar-refractivity contribution is 9.10. The Balaban J connectivity index is 1.64. The first-order chi connectivity index (χ1) is 16.1. The topological polar surface area (TPSA) is 52.0 Å². The second-order valence-electron chi connectivity index (χ2n) is 7.83. The van der Waals surface area contributed by atoms with Gasteiger partial charge in [-0.2, -0.15) is 4.98 Å². The van der Waals surface area contributed by atoms with Gasteiger partial charge in [-0.1, -0.05) is 64.1 Å². The molecule has 0 fully saturated rings. The Hall–Kier alpha value is -3.10. The zero-order valence-electron chi connectivity index (χ0n) is 17.5. The van der Waals surface area contributed by atoms with Crippen molar-refractivity contribution < 1.29 is 9.13 Å². The molecule has 3 heterocycles. The Labute approximate surface area is 202 Å². The number of hydrogen-bond acceptors (Lipinski definition) is 5. The molecule has 2 aliphatic heterocycles. The van der Waals surface area contributed by atoms with Gasteiger partial charge in [-0.25, -0.2) is 9.07 Å². The van der Waals surface area contributed by atoms with Gasteiger partial charge in [-0.15, -0.1) is 5.10 Å². The second kappa shape index (κ2) is 8.04. The van der Waals surface area contributed by atoms with E-state index in [1.54, 1.807) is 12.1 Å². The number of hydrogen-bond donors (Lipinski definition) is 1. The molecule has 4 aromatic rings. The normalized spacial score (nSPS) is 18.6. The van der Waals surface area contributed by atoms with Crippen molar-refractivity contribution in [1.82, 2.24) is 14.8 Å². The first-order valence-electron chi connectivity index (χ1n) is 10.4. The Morgan fingerprint density at radius 2 is 1.85 bits per heavy atom. The molecule has 6 rings (SSSR count). The third-order valence-corrected chi connectivity index (χ3v) is 6.91. The predicted molar refractivity (Wildman–Crippen MR) is 131 cm³/mol. The summed E-state index contributed by atoms with van der Waals surface area (Å²) in [5.74, 6) is 1.17. The zero-order chi connectivity index (χ0) is 22.5. The highest BCUT2D eigenvalue weighted by atomic mass is 79.9. The molecule has 0 spiro atoms. The largest absolute Gasteiger partial charge is 0.480 e. The molecule has 0 saturated heterocycles. The van der Waals surface area contributed by atoms with Crippen molar-refractivity contribution in [3.63, 3.8) is 0 Å². The van der Waals surface area contributed by atoms with Crippen LogP contribution in [0.2, 0.25) is 0 Å². The van der Waals surface area contributed by atoms with Crippen LogP contribution in [0.4, 0.5) is 10.3 Å². The highest BCUT2D eigenvalue weighted by Gasteiger charge is 2.41. The summed E-state index contributed by atoms with van der Waals surface area (Å²) in [5, 5.41) is 8.95. The van der Waals surface area contributed by atoms with Gasteiger partial charge in [-0.05, 0) is 53.8 Å². The van der Waals surface area contributed by atoms with E-state index >= 15 is 0 Å². The molecule has 0 bridgehead atoms. The molecule has 8 heteroatoms. The summed E-state index contributed by atoms with van der Waals surface area (Å²) in [6.45, 7) is 0. The standard InChI is InChI=1S/C25H18BrFN4OS/c1-33-25-29-24-28-21-18-7-2-3-8-19(18)32-23(15-5-4-6-16(26)13-15)20(21)22(31(24)30-25)14-9-11-17(27)12-10-14/h2-13,22-23H,1H3,(H,28,29,30)/t22-,23+/m1/s1. The first kappa shape index (κ1) is 20.5. The van der Waals surface area contributed by atoms with E-state index in [-0.39, 0.29) is 18.0 Å². The molecule has 0 saturated carbocycles. The summed E-state index contributed by atoms with van der Waals surface area (Å²) in [7, 11) is 0. The van der Waals surface area contributed by atoms with E-state index in [1.165, 1.54) is 23.9 Å². The van der Waals surface area contributed by atoms with E-state index in [0.717, 1.165) is 38.2 Å². The number of thioether (sulfide) groups is 1. The Kier molecular flexibility index (Phi) is 4.99. The summed E-state index contributed by atoms with van der Waals surface area (Å²) < 4.78 is 23.3. The maximum atomic E-state index is 13.8. The van der Waals surface area contributed by atoms with Crippen molar-refractivity contribution in [3.05, 3.63) is 105 Å². The molecule has 2 atom stereocenters. The second-order valence-corrected chi connectivity index (χ2v) is 9.51. The van der Waals surface area contributed by atoms with Crippen molar-refractivity contribution in [3.8, 4) is 5.75 Å². The van der Waals surface area contributed by atoms with Gasteiger partial charge in [0.05, 0.1) is 5.70 Å². The Morgan fingerprint density at radius 1 is 1.03 bits per heavy atom. The summed E-state index contributed by atoms with van der Waals surface area (Å²) in [4.78, 5) is 4.69. The number of para-hydroxylation sites is 1. The number of nitrogens with one attached hydrogen (secondary N) is 1. The highest BCUT2D eigenvalue weighted by Crippen LogP contribution is 2.51. The molecule has 0 amide bonds. The summed E-state index contributed by atoms with van der Waals surface area (Å²) in [6.07, 6.45) is 1.58. The van der Waals surface area contributed by atoms with Gasteiger partial charge >= 0.3 is 0 Å². The first-order valence-corrected chi connectivity index (χ1v) is 12.4. The van der Waals surface area contributed by atoms with Crippen LogP contribution in [-0.2, 0) is 0 Å². The fourth-order valence-electron chi connectivity index (χ4n) is 4.45. The molecule has 0 radical (unpaired) electrons. The number of nitrogens with zero attached hydrogens (tertiary/aromatic N) is 3. The van der Waals surface area contributed by atoms with Crippen molar-refractivity contribution in [2.24, 2.45) is 0 Å². The van der Waals surface area contributed by atoms with Crippen LogP contribution >= 0.6 is 27.7 Å². The summed E-state index contributed by atoms with van der Waals surface area (Å²) >= 11 is 5.08. The van der Waals surface area contributed by atoms with E-state index in [0.29, 0.717) is 11.1 Å². The smallest absolute Gasteiger partial charge is 0.227 e. The molecule has 2 aliphatic rings. The number of ether oxygens (including phenoxy) is 1. The van der Waals surface area contributed by atoms with E-state index in [4.69, 9.17) is 9.84 Å². The van der Waals surface area contributed by atoms with Crippen molar-refractivity contribution in [1.29, 1.82) is 0 Å². The van der Waals surface area contributed by atoms with Crippen molar-refractivity contribution >= 4 is 39.3 Å². The van der Waals surface area contributed by atoms with E-state index < -0.39 is 0 Å². The lowest BCUT2D eigenvalue weighted by molar-refractivity contribution is 0.223. The molecule has 0 unspecified atom stereocenters. The third-order valence-electron chi connectivity index (χ3n) is 5.88. The molecule has 5 nitrogen and oxygen atoms in total. The summed E-state index contributed by atoms with van der Waals surface area (Å²) in [5.41, 5.74) is 4.83. The monoisotopic (exact) mass is 520 g/mol. The lowest BCUT2D eigenvalue weighted by Crippen LogP contribution is -2.32. The SMILES string of the molecule is CSc1nc2n(n1)[C@H](c1ccc(F)cc1)C1=C(N2)c2ccccc2O[C@H]1c1cccc(Br)c1. The van der Waals surface area contributed by atoms with Gasteiger partial charge in [0, 0.05) is 15.6 Å². The minimum Gasteiger partial charge on any atom is -0.480 e. The maximum absolute atomic E-state index is 13.8. The molecule has 3 aromatic carbocycles. The minimum absolute atomic E-state index is 0.278. The van der Waals surface area contributed by atoms with Crippen LogP contribution in [0, 0.1) is 5.82 Å². The fourth-order valence-corrected chi connectivity index (χ4v) is 5.22. The van der Waals surface area contributed by atoms with Gasteiger partial charge in [0.15, 0.2) is 0 Å². The van der Waals surface area contributed by atoms with Crippen LogP contribution < -0.4 is 10.1 Å². The minimum atomic E-state index is -0.370. The number of benzene rings is 3. The van der Waals surface area contributed by atoms with E-state index in [2.05, 4.69) is 38.4 Å². The Bertz CT molecular complexity index is 1400. The maximum Gasteiger partial charge on any atom is 0.227 e. The number of halogens is 2. The molecule has 33 heavy (non-hydrogen) atoms. The molecule has 0 aliphatic carbocycles. The van der Waals surface area contributed by atoms with Gasteiger partial charge in [0.25, 0.3) is 0 Å². The molecular weight excluding hydrogens is 503 g/mol. The quantitative estimate of drug-likeness (QED) is 0.314. The lowest BCUT2D eigenvalue weighted by atomic mass is 9.84. The van der Waals surface area contributed by atoms with Crippen LogP contribution in [0.25, 0.3) is 5.70 Å². The van der Waals surface area contributed by atoms with Crippen molar-refractivity contribution in [2.75, 3.05) is 11.6 Å². The van der Waals surface area contributed by atoms with Gasteiger partial charge < -0.3 is 10.1 Å². The van der Waals surface area contributed by atoms with Crippen LogP contribution in [0.3, 0.4) is 0 Å². The van der Waals surface area contributed by atoms with Gasteiger partial charge in [0.1, 0.15) is 23.7 Å². The van der Waals surface area contributed by atoms with Crippen LogP contribution in [-0.4, -0.2) is 21.0 Å². The fraction of sp³-hybridized carbons (Fsp3) is 0.120. The number of aromatic nitrogens is 3. The number of fused-ring (bicyclic) bond motifs is 3. The molecule has 1 aromatic heterocycles. The summed E-state index contributed by atoms with van der Waals surface area (Å²) in [6, 6.07) is 22.3.